The molecule has 0 radical (unpaired) electrons. The Morgan fingerprint density at radius 3 is 2.65 bits per heavy atom. The largest absolute Gasteiger partial charge is 0.294 e. The van der Waals surface area contributed by atoms with Crippen LogP contribution in [0.3, 0.4) is 0 Å². The van der Waals surface area contributed by atoms with Crippen LogP contribution in [0.2, 0.25) is 0 Å². The normalized spacial score (nSPS) is 11.2. The van der Waals surface area contributed by atoms with Gasteiger partial charge in [0.25, 0.3) is 5.56 Å². The summed E-state index contributed by atoms with van der Waals surface area (Å²) < 4.78 is 0. The van der Waals surface area contributed by atoms with Crippen LogP contribution in [0.15, 0.2) is 29.1 Å². The number of anilines is 2. The standard InChI is InChI=1S/C17H19N5O/c1-9(2)13-8-14(23)20-17(19-13)22-16-18-11(4)12-7-5-6-10(3)15(12)21-16/h5-9H,1-4H3,(H2,18,19,20,21,22,23). The fourth-order valence-corrected chi connectivity index (χ4v) is 2.44. The summed E-state index contributed by atoms with van der Waals surface area (Å²) in [5.41, 5.74) is 3.38. The predicted molar refractivity (Wildman–Crippen MR) is 91.2 cm³/mol. The highest BCUT2D eigenvalue weighted by Gasteiger charge is 2.09. The van der Waals surface area contributed by atoms with E-state index in [9.17, 15) is 4.79 Å². The Morgan fingerprint density at radius 1 is 1.13 bits per heavy atom. The van der Waals surface area contributed by atoms with Crippen molar-refractivity contribution in [2.75, 3.05) is 5.32 Å². The number of aromatic nitrogens is 4. The summed E-state index contributed by atoms with van der Waals surface area (Å²) >= 11 is 0. The van der Waals surface area contributed by atoms with E-state index in [-0.39, 0.29) is 11.5 Å². The molecule has 0 fully saturated rings. The first kappa shape index (κ1) is 15.1. The maximum absolute atomic E-state index is 11.8. The third-order valence-electron chi connectivity index (χ3n) is 3.70. The third-order valence-corrected chi connectivity index (χ3v) is 3.70. The zero-order valence-corrected chi connectivity index (χ0v) is 13.6. The minimum absolute atomic E-state index is 0.166. The van der Waals surface area contributed by atoms with E-state index in [0.717, 1.165) is 27.9 Å². The Morgan fingerprint density at radius 2 is 1.91 bits per heavy atom. The molecule has 3 aromatic rings. The molecule has 6 nitrogen and oxygen atoms in total. The number of rotatable bonds is 3. The molecule has 0 aliphatic rings. The van der Waals surface area contributed by atoms with E-state index in [1.807, 2.05) is 45.9 Å². The Balaban J connectivity index is 2.05. The molecule has 0 saturated heterocycles. The van der Waals surface area contributed by atoms with Crippen molar-refractivity contribution >= 4 is 22.8 Å². The topological polar surface area (TPSA) is 83.6 Å². The highest BCUT2D eigenvalue weighted by atomic mass is 16.1. The lowest BCUT2D eigenvalue weighted by atomic mass is 10.1. The lowest BCUT2D eigenvalue weighted by Crippen LogP contribution is -2.14. The highest BCUT2D eigenvalue weighted by Crippen LogP contribution is 2.21. The Labute approximate surface area is 134 Å². The third kappa shape index (κ3) is 3.06. The SMILES string of the molecule is Cc1nc(Nc2nc(C(C)C)cc(=O)[nH]2)nc2c(C)cccc12. The van der Waals surface area contributed by atoms with Gasteiger partial charge in [-0.2, -0.15) is 0 Å². The lowest BCUT2D eigenvalue weighted by molar-refractivity contribution is 0.811. The quantitative estimate of drug-likeness (QED) is 0.776. The number of fused-ring (bicyclic) bond motifs is 1. The molecule has 0 spiro atoms. The van der Waals surface area contributed by atoms with Crippen molar-refractivity contribution in [3.8, 4) is 0 Å². The molecule has 0 aliphatic carbocycles. The smallest absolute Gasteiger partial charge is 0.252 e. The summed E-state index contributed by atoms with van der Waals surface area (Å²) in [6, 6.07) is 7.51. The van der Waals surface area contributed by atoms with Gasteiger partial charge in [0, 0.05) is 11.5 Å². The first-order valence-corrected chi connectivity index (χ1v) is 7.56. The van der Waals surface area contributed by atoms with Crippen molar-refractivity contribution in [2.45, 2.75) is 33.6 Å². The number of hydrogen-bond donors (Lipinski definition) is 2. The second kappa shape index (κ2) is 5.79. The van der Waals surface area contributed by atoms with Gasteiger partial charge in [0.1, 0.15) is 0 Å². The van der Waals surface area contributed by atoms with E-state index in [0.29, 0.717) is 11.9 Å². The zero-order valence-electron chi connectivity index (χ0n) is 13.6. The van der Waals surface area contributed by atoms with Gasteiger partial charge in [-0.25, -0.2) is 15.0 Å². The van der Waals surface area contributed by atoms with Crippen molar-refractivity contribution < 1.29 is 0 Å². The monoisotopic (exact) mass is 309 g/mol. The van der Waals surface area contributed by atoms with Gasteiger partial charge < -0.3 is 0 Å². The maximum Gasteiger partial charge on any atom is 0.252 e. The summed E-state index contributed by atoms with van der Waals surface area (Å²) in [7, 11) is 0. The molecule has 0 saturated carbocycles. The van der Waals surface area contributed by atoms with Gasteiger partial charge in [-0.15, -0.1) is 0 Å². The van der Waals surface area contributed by atoms with Crippen molar-refractivity contribution in [3.63, 3.8) is 0 Å². The van der Waals surface area contributed by atoms with E-state index >= 15 is 0 Å². The van der Waals surface area contributed by atoms with Crippen LogP contribution in [0.4, 0.5) is 11.9 Å². The summed E-state index contributed by atoms with van der Waals surface area (Å²) in [6.45, 7) is 7.94. The van der Waals surface area contributed by atoms with Crippen molar-refractivity contribution in [1.82, 2.24) is 19.9 Å². The molecule has 0 bridgehead atoms. The van der Waals surface area contributed by atoms with E-state index in [1.165, 1.54) is 6.07 Å². The molecule has 2 N–H and O–H groups in total. The van der Waals surface area contributed by atoms with E-state index in [2.05, 4.69) is 25.3 Å². The lowest BCUT2D eigenvalue weighted by Gasteiger charge is -2.10. The average molecular weight is 309 g/mol. The summed E-state index contributed by atoms with van der Waals surface area (Å²) in [5, 5.41) is 4.03. The summed E-state index contributed by atoms with van der Waals surface area (Å²) in [5.74, 6) is 0.946. The van der Waals surface area contributed by atoms with Crippen LogP contribution in [-0.2, 0) is 0 Å². The fraction of sp³-hybridized carbons (Fsp3) is 0.294. The molecule has 0 amide bonds. The number of nitrogens with one attached hydrogen (secondary N) is 2. The minimum Gasteiger partial charge on any atom is -0.294 e. The van der Waals surface area contributed by atoms with Gasteiger partial charge in [-0.05, 0) is 25.3 Å². The molecule has 0 unspecified atom stereocenters. The average Bonchev–Trinajstić information content (AvgIpc) is 2.48. The molecule has 118 valence electrons. The van der Waals surface area contributed by atoms with Gasteiger partial charge in [-0.1, -0.05) is 32.0 Å². The van der Waals surface area contributed by atoms with Crippen LogP contribution in [0.5, 0.6) is 0 Å². The Bertz CT molecular complexity index is 930. The van der Waals surface area contributed by atoms with E-state index in [1.54, 1.807) is 0 Å². The molecule has 23 heavy (non-hydrogen) atoms. The Kier molecular flexibility index (Phi) is 3.82. The molecule has 6 heteroatoms. The number of nitrogens with zero attached hydrogens (tertiary/aromatic N) is 3. The molecule has 0 atom stereocenters. The summed E-state index contributed by atoms with van der Waals surface area (Å²) in [6.07, 6.45) is 0. The van der Waals surface area contributed by atoms with Gasteiger partial charge in [0.15, 0.2) is 0 Å². The van der Waals surface area contributed by atoms with Gasteiger partial charge in [0.05, 0.1) is 16.9 Å². The fourth-order valence-electron chi connectivity index (χ4n) is 2.44. The predicted octanol–water partition coefficient (Wildman–Crippen LogP) is 3.20. The van der Waals surface area contributed by atoms with Crippen LogP contribution in [-0.4, -0.2) is 19.9 Å². The highest BCUT2D eigenvalue weighted by molar-refractivity contribution is 5.84. The van der Waals surface area contributed by atoms with E-state index < -0.39 is 0 Å². The second-order valence-corrected chi connectivity index (χ2v) is 5.90. The summed E-state index contributed by atoms with van der Waals surface area (Å²) in [4.78, 5) is 27.9. The first-order valence-electron chi connectivity index (χ1n) is 7.56. The van der Waals surface area contributed by atoms with Gasteiger partial charge in [0.2, 0.25) is 11.9 Å². The number of H-pyrrole nitrogens is 1. The number of aromatic amines is 1. The van der Waals surface area contributed by atoms with Crippen LogP contribution < -0.4 is 10.9 Å². The minimum atomic E-state index is -0.195. The van der Waals surface area contributed by atoms with Gasteiger partial charge in [-0.3, -0.25) is 15.1 Å². The van der Waals surface area contributed by atoms with E-state index in [4.69, 9.17) is 0 Å². The maximum atomic E-state index is 11.8. The molecule has 3 rings (SSSR count). The molecular weight excluding hydrogens is 290 g/mol. The first-order chi connectivity index (χ1) is 10.9. The number of para-hydroxylation sites is 1. The van der Waals surface area contributed by atoms with Crippen LogP contribution in [0.25, 0.3) is 10.9 Å². The zero-order chi connectivity index (χ0) is 16.6. The Hall–Kier alpha value is -2.76. The molecule has 0 aliphatic heterocycles. The second-order valence-electron chi connectivity index (χ2n) is 5.90. The molecule has 2 heterocycles. The number of aryl methyl sites for hydroxylation is 2. The van der Waals surface area contributed by atoms with Crippen molar-refractivity contribution in [1.29, 1.82) is 0 Å². The van der Waals surface area contributed by atoms with Gasteiger partial charge >= 0.3 is 0 Å². The number of benzene rings is 1. The van der Waals surface area contributed by atoms with Crippen molar-refractivity contribution in [3.05, 3.63) is 51.6 Å². The molecular formula is C17H19N5O. The number of hydrogen-bond acceptors (Lipinski definition) is 5. The van der Waals surface area contributed by atoms with Crippen LogP contribution in [0, 0.1) is 13.8 Å². The van der Waals surface area contributed by atoms with Crippen LogP contribution >= 0.6 is 0 Å². The van der Waals surface area contributed by atoms with Crippen LogP contribution in [0.1, 0.15) is 36.7 Å². The van der Waals surface area contributed by atoms with Crippen molar-refractivity contribution in [2.24, 2.45) is 0 Å². The molecule has 1 aromatic carbocycles. The molecule has 2 aromatic heterocycles.